The number of carbonyl (C=O) groups excluding carboxylic acids is 1. The van der Waals surface area contributed by atoms with Gasteiger partial charge in [-0.15, -0.1) is 0 Å². The van der Waals surface area contributed by atoms with Gasteiger partial charge in [-0.1, -0.05) is 30.3 Å². The van der Waals surface area contributed by atoms with Crippen LogP contribution in [0.3, 0.4) is 0 Å². The number of aliphatic hydroxyl groups is 1. The first kappa shape index (κ1) is 18.1. The summed E-state index contributed by atoms with van der Waals surface area (Å²) in [6.45, 7) is 0.822. The number of hydrogen-bond donors (Lipinski definition) is 3. The van der Waals surface area contributed by atoms with Gasteiger partial charge in [0.25, 0.3) is 5.92 Å². The summed E-state index contributed by atoms with van der Waals surface area (Å²) in [6.07, 6.45) is -0.877. The zero-order valence-electron chi connectivity index (χ0n) is 13.2. The summed E-state index contributed by atoms with van der Waals surface area (Å²) in [5.41, 5.74) is -1.85. The number of piperidine rings is 1. The van der Waals surface area contributed by atoms with Crippen LogP contribution in [-0.4, -0.2) is 51.7 Å². The molecule has 0 aromatic heterocycles. The molecule has 24 heavy (non-hydrogen) atoms. The van der Waals surface area contributed by atoms with Crippen LogP contribution in [-0.2, 0) is 4.79 Å². The molecular weight excluding hydrogens is 322 g/mol. The molecule has 0 aliphatic carbocycles. The Morgan fingerprint density at radius 1 is 1.25 bits per heavy atom. The fourth-order valence-electron chi connectivity index (χ4n) is 2.57. The Morgan fingerprint density at radius 3 is 2.29 bits per heavy atom. The maximum Gasteiger partial charge on any atom is 0.337 e. The van der Waals surface area contributed by atoms with Crippen molar-refractivity contribution in [3.05, 3.63) is 35.9 Å². The molecule has 6 nitrogen and oxygen atoms in total. The van der Waals surface area contributed by atoms with E-state index in [9.17, 15) is 28.6 Å². The van der Waals surface area contributed by atoms with Gasteiger partial charge in [-0.05, 0) is 12.5 Å². The minimum Gasteiger partial charge on any atom is -0.479 e. The Kier molecular flexibility index (Phi) is 5.08. The number of hydrogen-bond acceptors (Lipinski definition) is 3. The number of amides is 2. The van der Waals surface area contributed by atoms with Crippen molar-refractivity contribution in [2.75, 3.05) is 13.1 Å². The highest BCUT2D eigenvalue weighted by atomic mass is 19.3. The molecule has 2 atom stereocenters. The number of aliphatic carboxylic acids is 1. The number of carbonyl (C=O) groups is 2. The zero-order chi connectivity index (χ0) is 18.0. The van der Waals surface area contributed by atoms with E-state index in [0.717, 1.165) is 6.92 Å². The molecule has 2 rings (SSSR count). The van der Waals surface area contributed by atoms with E-state index in [1.807, 2.05) is 0 Å². The topological polar surface area (TPSA) is 89.9 Å². The fourth-order valence-corrected chi connectivity index (χ4v) is 2.57. The lowest BCUT2D eigenvalue weighted by molar-refractivity contribution is -0.159. The van der Waals surface area contributed by atoms with Crippen molar-refractivity contribution in [2.24, 2.45) is 0 Å². The van der Waals surface area contributed by atoms with Gasteiger partial charge in [0.2, 0.25) is 0 Å². The highest BCUT2D eigenvalue weighted by molar-refractivity contribution is 5.81. The Bertz CT molecular complexity index is 597. The van der Waals surface area contributed by atoms with Crippen molar-refractivity contribution in [3.8, 4) is 0 Å². The monoisotopic (exact) mass is 342 g/mol. The van der Waals surface area contributed by atoms with Crippen LogP contribution in [0.5, 0.6) is 0 Å². The van der Waals surface area contributed by atoms with E-state index in [4.69, 9.17) is 0 Å². The molecule has 2 amide bonds. The smallest absolute Gasteiger partial charge is 0.337 e. The van der Waals surface area contributed by atoms with Crippen LogP contribution in [0.25, 0.3) is 0 Å². The third kappa shape index (κ3) is 4.00. The van der Waals surface area contributed by atoms with Crippen LogP contribution < -0.4 is 5.32 Å². The molecule has 1 aromatic carbocycles. The van der Waals surface area contributed by atoms with Crippen LogP contribution in [0, 0.1) is 0 Å². The molecule has 1 heterocycles. The number of rotatable bonds is 4. The molecule has 1 fully saturated rings. The number of benzene rings is 1. The van der Waals surface area contributed by atoms with Gasteiger partial charge in [0.15, 0.2) is 5.60 Å². The predicted octanol–water partition coefficient (Wildman–Crippen LogP) is 2.00. The average Bonchev–Trinajstić information content (AvgIpc) is 2.52. The van der Waals surface area contributed by atoms with Crippen LogP contribution in [0.15, 0.2) is 30.3 Å². The maximum absolute atomic E-state index is 13.2. The van der Waals surface area contributed by atoms with Gasteiger partial charge in [0, 0.05) is 25.9 Å². The molecule has 2 unspecified atom stereocenters. The van der Waals surface area contributed by atoms with Crippen LogP contribution >= 0.6 is 0 Å². The SMILES string of the molecule is CC(O)(C(=O)O)C(NC(=O)N1CCC(F)(F)CC1)c1ccccc1. The number of nitrogens with zero attached hydrogens (tertiary/aromatic N) is 1. The van der Waals surface area contributed by atoms with E-state index in [1.54, 1.807) is 30.3 Å². The second-order valence-electron chi connectivity index (χ2n) is 6.09. The first-order chi connectivity index (χ1) is 11.1. The van der Waals surface area contributed by atoms with Gasteiger partial charge in [0.1, 0.15) is 0 Å². The van der Waals surface area contributed by atoms with Crippen molar-refractivity contribution < 1.29 is 28.6 Å². The fraction of sp³-hybridized carbons (Fsp3) is 0.500. The summed E-state index contributed by atoms with van der Waals surface area (Å²) in [7, 11) is 0. The first-order valence-electron chi connectivity index (χ1n) is 7.57. The normalized spacial score (nSPS) is 20.8. The summed E-state index contributed by atoms with van der Waals surface area (Å²) in [5, 5.41) is 22.0. The molecule has 8 heteroatoms. The third-order valence-electron chi connectivity index (χ3n) is 4.18. The Labute approximate surface area is 138 Å². The van der Waals surface area contributed by atoms with Gasteiger partial charge in [-0.2, -0.15) is 0 Å². The molecule has 3 N–H and O–H groups in total. The van der Waals surface area contributed by atoms with Crippen molar-refractivity contribution in [2.45, 2.75) is 37.3 Å². The molecule has 0 spiro atoms. The number of halogens is 2. The van der Waals surface area contributed by atoms with Gasteiger partial charge in [0.05, 0.1) is 6.04 Å². The molecule has 1 saturated heterocycles. The van der Waals surface area contributed by atoms with E-state index >= 15 is 0 Å². The molecule has 132 valence electrons. The molecule has 0 radical (unpaired) electrons. The summed E-state index contributed by atoms with van der Waals surface area (Å²) < 4.78 is 26.4. The highest BCUT2D eigenvalue weighted by Gasteiger charge is 2.43. The van der Waals surface area contributed by atoms with E-state index in [0.29, 0.717) is 5.56 Å². The van der Waals surface area contributed by atoms with Gasteiger partial charge < -0.3 is 20.4 Å². The zero-order valence-corrected chi connectivity index (χ0v) is 13.2. The third-order valence-corrected chi connectivity index (χ3v) is 4.18. The van der Waals surface area contributed by atoms with Crippen molar-refractivity contribution in [1.82, 2.24) is 10.2 Å². The predicted molar refractivity (Wildman–Crippen MR) is 81.7 cm³/mol. The lowest BCUT2D eigenvalue weighted by Gasteiger charge is -2.35. The number of carboxylic acids is 1. The quantitative estimate of drug-likeness (QED) is 0.781. The Hall–Kier alpha value is -2.22. The molecule has 1 aromatic rings. The lowest BCUT2D eigenvalue weighted by atomic mass is 9.90. The molecule has 1 aliphatic rings. The second kappa shape index (κ2) is 6.72. The van der Waals surface area contributed by atoms with Crippen LogP contribution in [0.1, 0.15) is 31.4 Å². The number of likely N-dealkylation sites (tertiary alicyclic amines) is 1. The number of carboxylic acid groups (broad SMARTS) is 1. The largest absolute Gasteiger partial charge is 0.479 e. The first-order valence-corrected chi connectivity index (χ1v) is 7.57. The van der Waals surface area contributed by atoms with E-state index in [-0.39, 0.29) is 13.1 Å². The lowest BCUT2D eigenvalue weighted by Crippen LogP contribution is -2.54. The minimum atomic E-state index is -2.79. The summed E-state index contributed by atoms with van der Waals surface area (Å²) in [5.74, 6) is -4.29. The summed E-state index contributed by atoms with van der Waals surface area (Å²) in [6, 6.07) is 6.26. The van der Waals surface area contributed by atoms with E-state index < -0.39 is 42.4 Å². The van der Waals surface area contributed by atoms with Gasteiger partial charge >= 0.3 is 12.0 Å². The van der Waals surface area contributed by atoms with Gasteiger partial charge in [-0.25, -0.2) is 18.4 Å². The molecule has 0 bridgehead atoms. The van der Waals surface area contributed by atoms with Crippen LogP contribution in [0.2, 0.25) is 0 Å². The van der Waals surface area contributed by atoms with E-state index in [1.165, 1.54) is 4.90 Å². The minimum absolute atomic E-state index is 0.129. The number of urea groups is 1. The van der Waals surface area contributed by atoms with Crippen molar-refractivity contribution in [1.29, 1.82) is 0 Å². The Morgan fingerprint density at radius 2 is 1.79 bits per heavy atom. The number of nitrogens with one attached hydrogen (secondary N) is 1. The molecule has 1 aliphatic heterocycles. The standard InChI is InChI=1S/C16H20F2N2O4/c1-15(24,13(21)22)12(11-5-3-2-4-6-11)19-14(23)20-9-7-16(17,18)8-10-20/h2-6,12,24H,7-10H2,1H3,(H,19,23)(H,21,22). The molecular formula is C16H20F2N2O4. The van der Waals surface area contributed by atoms with Gasteiger partial charge in [-0.3, -0.25) is 0 Å². The highest BCUT2D eigenvalue weighted by Crippen LogP contribution is 2.29. The summed E-state index contributed by atoms with van der Waals surface area (Å²) in [4.78, 5) is 24.9. The molecule has 0 saturated carbocycles. The summed E-state index contributed by atoms with van der Waals surface area (Å²) >= 11 is 0. The van der Waals surface area contributed by atoms with E-state index in [2.05, 4.69) is 5.32 Å². The second-order valence-corrected chi connectivity index (χ2v) is 6.09. The average molecular weight is 342 g/mol. The van der Waals surface area contributed by atoms with Crippen molar-refractivity contribution in [3.63, 3.8) is 0 Å². The van der Waals surface area contributed by atoms with Crippen LogP contribution in [0.4, 0.5) is 13.6 Å². The number of alkyl halides is 2. The maximum atomic E-state index is 13.2. The Balaban J connectivity index is 2.17. The van der Waals surface area contributed by atoms with Crippen molar-refractivity contribution >= 4 is 12.0 Å².